The van der Waals surface area contributed by atoms with Crippen LogP contribution in [0.5, 0.6) is 0 Å². The maximum atomic E-state index is 11.4. The van der Waals surface area contributed by atoms with Gasteiger partial charge in [0, 0.05) is 18.2 Å². The number of hydrogen-bond donors (Lipinski definition) is 3. The number of allylic oxidation sites excluding steroid dienone is 6. The van der Waals surface area contributed by atoms with Crippen molar-refractivity contribution in [3.63, 3.8) is 0 Å². The largest absolute Gasteiger partial charge is 0.466 e. The van der Waals surface area contributed by atoms with Crippen LogP contribution < -0.4 is 0 Å². The lowest BCUT2D eigenvalue weighted by Gasteiger charge is -2.55. The fourth-order valence-corrected chi connectivity index (χ4v) is 24.3. The molecule has 12 rings (SSSR count). The Labute approximate surface area is 568 Å². The number of aliphatic hydroxyl groups is 3. The molecule has 0 saturated heterocycles. The summed E-state index contributed by atoms with van der Waals surface area (Å²) in [6.45, 7) is 25.5. The van der Waals surface area contributed by atoms with Gasteiger partial charge in [-0.2, -0.15) is 0 Å². The first-order valence-electron chi connectivity index (χ1n) is 37.0. The van der Waals surface area contributed by atoms with E-state index >= 15 is 0 Å². The average Bonchev–Trinajstić information content (AvgIpc) is 1.44. The maximum Gasteiger partial charge on any atom is 0.330 e. The Kier molecular flexibility index (Phi) is 25.4. The molecule has 3 N–H and O–H groups in total. The lowest BCUT2D eigenvalue weighted by molar-refractivity contribution is -0.135. The molecule has 12 aliphatic rings. The van der Waals surface area contributed by atoms with Crippen LogP contribution in [0.2, 0.25) is 0 Å². The minimum Gasteiger partial charge on any atom is -0.466 e. The standard InChI is InChI=1S/2C27H42O3.C23H36O.C4H5BrO2.CH4/c2*1-5-27(29)16-14-20-19(17-27)9-10-22-21(20)13-15-26(3)23(11-12-24(22)26)18(2)7-6-8-25(28)30-4;1-5-23(24)13-11-17-16(14-23)6-7-19-18(17)10-12-22(4)20(15(2)3)8-9-21(19)22;1-7-4(6)2-3-5;/h2*6,8-9,18,20-24,29H,5,7,10-17H2,1-4H3;6,17-21,24H,2,5,7-14H2,1,3-4H3;2-3H,1H3;1H4/b8-6+;8-6-;;3-2-;/t2*18-,20+,21-,22-,23-,24+,26-,27+;17-,18+,19+,20+,21-,22+,23-;;/m110../s1. The summed E-state index contributed by atoms with van der Waals surface area (Å²) in [6.07, 6.45) is 50.4. The number of carbonyl (C=O) groups excluding carboxylic acids is 3. The van der Waals surface area contributed by atoms with Gasteiger partial charge in [-0.15, -0.1) is 0 Å². The summed E-state index contributed by atoms with van der Waals surface area (Å²) >= 11 is 2.91. The Hall–Kier alpha value is -3.05. The molecule has 0 heterocycles. The van der Waals surface area contributed by atoms with E-state index in [4.69, 9.17) is 9.47 Å². The average molecular weight is 1340 g/mol. The molecule has 0 amide bonds. The first-order chi connectivity index (χ1) is 43.3. The lowest BCUT2D eigenvalue weighted by atomic mass is 9.50. The smallest absolute Gasteiger partial charge is 0.330 e. The van der Waals surface area contributed by atoms with Gasteiger partial charge in [0.1, 0.15) is 0 Å². The summed E-state index contributed by atoms with van der Waals surface area (Å²) < 4.78 is 13.7. The first-order valence-corrected chi connectivity index (χ1v) is 38.0. The van der Waals surface area contributed by atoms with Crippen molar-refractivity contribution in [2.45, 2.75) is 273 Å². The van der Waals surface area contributed by atoms with Crippen molar-refractivity contribution in [3.05, 3.63) is 82.5 Å². The normalized spacial score (nSPS) is 42.6. The van der Waals surface area contributed by atoms with E-state index < -0.39 is 16.8 Å². The van der Waals surface area contributed by atoms with E-state index in [1.165, 1.54) is 154 Å². The van der Waals surface area contributed by atoms with Gasteiger partial charge in [0.15, 0.2) is 0 Å². The van der Waals surface area contributed by atoms with E-state index in [1.807, 2.05) is 12.2 Å². The van der Waals surface area contributed by atoms with Crippen molar-refractivity contribution in [1.29, 1.82) is 0 Å². The molecular formula is C82H129BrO9. The molecule has 10 heteroatoms. The van der Waals surface area contributed by atoms with E-state index in [2.05, 4.69) is 108 Å². The third-order valence-electron chi connectivity index (χ3n) is 29.2. The zero-order valence-corrected chi connectivity index (χ0v) is 60.5. The summed E-state index contributed by atoms with van der Waals surface area (Å²) in [5.41, 5.74) is 6.34. The SMILES string of the molecule is C.C=C(C)[C@H]1CC[C@H]2[C@@H]3CC=C4C[C@](O)(CC)CC[C@@H]4[C@H]3CC[C@]12C.CC[C@]1(O)CC[C@H]2C(=CC[C@@H]3[C@@H]2CC[C@]2(C)[C@@H]([C@H](C)C/C=C/C(=O)OC)CC[C@@H]32)C1.CC[C@]1(O)CC[C@H]2C(=CC[C@@H]3[C@@H]2CC[C@]2(C)[C@@H]([C@H](C)C/C=C\C(=O)OC)CC[C@@H]32)C1.COC(=O)/C=C\Br. The Bertz CT molecular complexity index is 2620. The summed E-state index contributed by atoms with van der Waals surface area (Å²) in [5, 5.41) is 32.4. The van der Waals surface area contributed by atoms with Gasteiger partial charge in [-0.05, 0) is 315 Å². The molecule has 0 radical (unpaired) electrons. The number of fused-ring (bicyclic) bond motifs is 15. The molecule has 0 bridgehead atoms. The molecule has 0 aliphatic heterocycles. The van der Waals surface area contributed by atoms with Crippen molar-refractivity contribution in [2.75, 3.05) is 21.3 Å². The molecule has 9 fully saturated rings. The van der Waals surface area contributed by atoms with E-state index in [-0.39, 0.29) is 25.3 Å². The molecule has 518 valence electrons. The maximum absolute atomic E-state index is 11.4. The summed E-state index contributed by atoms with van der Waals surface area (Å²) in [7, 11) is 4.21. The molecular weight excluding hydrogens is 1210 g/mol. The minimum atomic E-state index is -0.441. The molecule has 0 unspecified atom stereocenters. The fourth-order valence-electron chi connectivity index (χ4n) is 24.1. The van der Waals surface area contributed by atoms with E-state index in [0.717, 1.165) is 159 Å². The minimum absolute atomic E-state index is 0. The topological polar surface area (TPSA) is 140 Å². The van der Waals surface area contributed by atoms with Crippen LogP contribution in [-0.2, 0) is 28.6 Å². The van der Waals surface area contributed by atoms with Gasteiger partial charge in [0.25, 0.3) is 0 Å². The van der Waals surface area contributed by atoms with Crippen LogP contribution >= 0.6 is 15.9 Å². The molecule has 23 atom stereocenters. The summed E-state index contributed by atoms with van der Waals surface area (Å²) in [4.78, 5) is 34.3. The highest BCUT2D eigenvalue weighted by Crippen LogP contribution is 2.68. The predicted molar refractivity (Wildman–Crippen MR) is 379 cm³/mol. The van der Waals surface area contributed by atoms with Crippen LogP contribution in [0.4, 0.5) is 0 Å². The number of hydrogen-bond acceptors (Lipinski definition) is 9. The lowest BCUT2D eigenvalue weighted by Crippen LogP contribution is -2.48. The number of esters is 3. The van der Waals surface area contributed by atoms with Crippen LogP contribution in [0.25, 0.3) is 0 Å². The number of methoxy groups -OCH3 is 3. The molecule has 92 heavy (non-hydrogen) atoms. The number of rotatable bonds is 13. The van der Waals surface area contributed by atoms with Gasteiger partial charge in [-0.1, -0.05) is 138 Å². The van der Waals surface area contributed by atoms with Gasteiger partial charge in [-0.3, -0.25) is 0 Å². The molecule has 0 spiro atoms. The monoisotopic (exact) mass is 1340 g/mol. The van der Waals surface area contributed by atoms with E-state index in [0.29, 0.717) is 28.1 Å². The number of halogens is 1. The van der Waals surface area contributed by atoms with Crippen LogP contribution in [-0.4, -0.2) is 71.4 Å². The zero-order chi connectivity index (χ0) is 65.8. The third kappa shape index (κ3) is 15.4. The molecule has 9 nitrogen and oxygen atoms in total. The van der Waals surface area contributed by atoms with Crippen LogP contribution in [0.3, 0.4) is 0 Å². The second-order valence-electron chi connectivity index (χ2n) is 33.1. The molecule has 12 aliphatic carbocycles. The second-order valence-corrected chi connectivity index (χ2v) is 33.6. The van der Waals surface area contributed by atoms with Gasteiger partial charge in [0.2, 0.25) is 0 Å². The van der Waals surface area contributed by atoms with Crippen molar-refractivity contribution in [2.24, 2.45) is 117 Å². The fraction of sp³-hybridized carbons (Fsp3) is 0.793. The summed E-state index contributed by atoms with van der Waals surface area (Å²) in [6, 6.07) is 0. The van der Waals surface area contributed by atoms with Crippen molar-refractivity contribution in [1.82, 2.24) is 0 Å². The van der Waals surface area contributed by atoms with Crippen molar-refractivity contribution < 1.29 is 43.9 Å². The highest BCUT2D eigenvalue weighted by atomic mass is 79.9. The Morgan fingerprint density at radius 1 is 0.511 bits per heavy atom. The Balaban J connectivity index is 0.000000169. The van der Waals surface area contributed by atoms with Gasteiger partial charge in [0.05, 0.1) is 38.1 Å². The second kappa shape index (κ2) is 31.2. The molecule has 0 aromatic heterocycles. The quantitative estimate of drug-likeness (QED) is 0.0712. The zero-order valence-electron chi connectivity index (χ0n) is 58.9. The van der Waals surface area contributed by atoms with E-state index in [9.17, 15) is 29.7 Å². The van der Waals surface area contributed by atoms with Crippen molar-refractivity contribution >= 4 is 33.8 Å². The third-order valence-corrected chi connectivity index (χ3v) is 29.5. The Morgan fingerprint density at radius 2 is 0.837 bits per heavy atom. The van der Waals surface area contributed by atoms with Crippen LogP contribution in [0.1, 0.15) is 256 Å². The summed E-state index contributed by atoms with van der Waals surface area (Å²) in [5.74, 6) is 12.7. The van der Waals surface area contributed by atoms with Crippen LogP contribution in [0.15, 0.2) is 82.5 Å². The van der Waals surface area contributed by atoms with E-state index in [1.54, 1.807) is 28.9 Å². The van der Waals surface area contributed by atoms with Gasteiger partial charge >= 0.3 is 17.9 Å². The molecule has 0 aromatic rings. The molecule has 9 saturated carbocycles. The highest BCUT2D eigenvalue weighted by Gasteiger charge is 2.60. The van der Waals surface area contributed by atoms with Crippen molar-refractivity contribution in [3.8, 4) is 0 Å². The first kappa shape index (κ1) is 74.7. The predicted octanol–water partition coefficient (Wildman–Crippen LogP) is 19.7. The number of ether oxygens (including phenoxy) is 3. The Morgan fingerprint density at radius 3 is 1.15 bits per heavy atom. The number of carbonyl (C=O) groups is 3. The molecule has 0 aromatic carbocycles. The van der Waals surface area contributed by atoms with Gasteiger partial charge < -0.3 is 29.5 Å². The van der Waals surface area contributed by atoms with Crippen LogP contribution in [0, 0.1) is 117 Å². The van der Waals surface area contributed by atoms with Gasteiger partial charge in [-0.25, -0.2) is 14.4 Å². The highest BCUT2D eigenvalue weighted by molar-refractivity contribution is 9.11.